The number of amides is 1. The second kappa shape index (κ2) is 4.42. The van der Waals surface area contributed by atoms with Gasteiger partial charge in [-0.15, -0.1) is 0 Å². The van der Waals surface area contributed by atoms with Gasteiger partial charge in [0, 0.05) is 6.54 Å². The van der Waals surface area contributed by atoms with E-state index in [2.05, 4.69) is 20.8 Å². The third-order valence-electron chi connectivity index (χ3n) is 4.27. The zero-order chi connectivity index (χ0) is 14.7. The lowest BCUT2D eigenvalue weighted by atomic mass is 9.82. The molecule has 20 heavy (non-hydrogen) atoms. The first kappa shape index (κ1) is 14.3. The topological polar surface area (TPSA) is 48.0 Å². The van der Waals surface area contributed by atoms with Gasteiger partial charge in [-0.1, -0.05) is 0 Å². The highest BCUT2D eigenvalue weighted by molar-refractivity contribution is 5.87. The van der Waals surface area contributed by atoms with Crippen molar-refractivity contribution in [1.82, 2.24) is 4.90 Å². The van der Waals surface area contributed by atoms with E-state index >= 15 is 0 Å². The summed E-state index contributed by atoms with van der Waals surface area (Å²) in [4.78, 5) is 14.2. The number of β-lactam (4-membered cyclic amide) rings is 1. The molecule has 0 spiro atoms. The van der Waals surface area contributed by atoms with E-state index in [9.17, 15) is 4.79 Å². The molecule has 5 heteroatoms. The van der Waals surface area contributed by atoms with Gasteiger partial charge in [-0.25, -0.2) is 0 Å². The monoisotopic (exact) mass is 283 g/mol. The van der Waals surface area contributed by atoms with Gasteiger partial charge in [-0.05, 0) is 41.0 Å². The summed E-state index contributed by atoms with van der Waals surface area (Å²) >= 11 is 0. The largest absolute Gasteiger partial charge is 0.370 e. The predicted molar refractivity (Wildman–Crippen MR) is 73.1 cm³/mol. The van der Waals surface area contributed by atoms with E-state index in [1.54, 1.807) is 0 Å². The molecule has 4 atom stereocenters. The van der Waals surface area contributed by atoms with Gasteiger partial charge in [0.2, 0.25) is 5.91 Å². The van der Waals surface area contributed by atoms with Crippen molar-refractivity contribution in [2.24, 2.45) is 5.92 Å². The Bertz CT molecular complexity index is 415. The number of rotatable bonds is 2. The minimum Gasteiger partial charge on any atom is -0.370 e. The molecule has 0 aliphatic carbocycles. The van der Waals surface area contributed by atoms with Crippen LogP contribution in [0.1, 0.15) is 41.0 Å². The highest BCUT2D eigenvalue weighted by Crippen LogP contribution is 2.43. The van der Waals surface area contributed by atoms with Crippen molar-refractivity contribution in [2.45, 2.75) is 70.7 Å². The third-order valence-corrected chi connectivity index (χ3v) is 4.27. The molecule has 3 saturated heterocycles. The average molecular weight is 283 g/mol. The summed E-state index contributed by atoms with van der Waals surface area (Å²) in [6.45, 7) is 11.3. The first-order valence-electron chi connectivity index (χ1n) is 7.48. The van der Waals surface area contributed by atoms with E-state index < -0.39 is 5.79 Å². The van der Waals surface area contributed by atoms with Gasteiger partial charge in [-0.2, -0.15) is 0 Å². The highest BCUT2D eigenvalue weighted by Gasteiger charge is 2.60. The lowest BCUT2D eigenvalue weighted by Crippen LogP contribution is -2.65. The zero-order valence-corrected chi connectivity index (χ0v) is 13.0. The molecule has 0 saturated carbocycles. The van der Waals surface area contributed by atoms with Crippen molar-refractivity contribution in [3.8, 4) is 0 Å². The second-order valence-electron chi connectivity index (χ2n) is 7.47. The number of ether oxygens (including phenoxy) is 3. The van der Waals surface area contributed by atoms with E-state index in [1.807, 2.05) is 18.7 Å². The lowest BCUT2D eigenvalue weighted by Gasteiger charge is -2.47. The molecule has 0 unspecified atom stereocenters. The summed E-state index contributed by atoms with van der Waals surface area (Å²) in [6, 6.07) is 0.157. The molecule has 5 nitrogen and oxygen atoms in total. The molecule has 0 N–H and O–H groups in total. The van der Waals surface area contributed by atoms with Gasteiger partial charge in [-0.3, -0.25) is 4.79 Å². The van der Waals surface area contributed by atoms with Crippen molar-refractivity contribution in [3.05, 3.63) is 0 Å². The molecule has 0 aromatic carbocycles. The zero-order valence-electron chi connectivity index (χ0n) is 13.0. The summed E-state index contributed by atoms with van der Waals surface area (Å²) in [5.41, 5.74) is -0.184. The number of nitrogens with zero attached hydrogens (tertiary/aromatic N) is 1. The van der Waals surface area contributed by atoms with Crippen molar-refractivity contribution in [3.63, 3.8) is 0 Å². The predicted octanol–water partition coefficient (Wildman–Crippen LogP) is 1.55. The average Bonchev–Trinajstić information content (AvgIpc) is 2.79. The van der Waals surface area contributed by atoms with Gasteiger partial charge in [0.05, 0.1) is 36.4 Å². The maximum Gasteiger partial charge on any atom is 0.230 e. The van der Waals surface area contributed by atoms with Crippen LogP contribution < -0.4 is 0 Å². The maximum absolute atomic E-state index is 12.3. The van der Waals surface area contributed by atoms with Crippen molar-refractivity contribution in [2.75, 3.05) is 13.2 Å². The SMILES string of the molecule is CC(C)(C)O[C@H]1CCN2C(=O)[C@H]([C@H]3COC(C)(C)O3)[C@H]12. The fourth-order valence-corrected chi connectivity index (χ4v) is 3.58. The molecule has 0 aromatic heterocycles. The molecule has 1 amide bonds. The van der Waals surface area contributed by atoms with E-state index in [1.165, 1.54) is 0 Å². The summed E-state index contributed by atoms with van der Waals surface area (Å²) in [5.74, 6) is -0.488. The van der Waals surface area contributed by atoms with Crippen LogP contribution in [0.2, 0.25) is 0 Å². The van der Waals surface area contributed by atoms with E-state index in [-0.39, 0.29) is 35.7 Å². The number of fused-ring (bicyclic) bond motifs is 1. The van der Waals surface area contributed by atoms with E-state index in [4.69, 9.17) is 14.2 Å². The van der Waals surface area contributed by atoms with Gasteiger partial charge >= 0.3 is 0 Å². The minimum atomic E-state index is -0.579. The summed E-state index contributed by atoms with van der Waals surface area (Å²) in [7, 11) is 0. The highest BCUT2D eigenvalue weighted by atomic mass is 16.7. The van der Waals surface area contributed by atoms with Crippen LogP contribution in [0.3, 0.4) is 0 Å². The molecule has 3 fully saturated rings. The Morgan fingerprint density at radius 2 is 2.05 bits per heavy atom. The molecule has 3 rings (SSSR count). The molecule has 3 aliphatic rings. The Labute approximate surface area is 120 Å². The number of hydrogen-bond acceptors (Lipinski definition) is 4. The Hall–Kier alpha value is -0.650. The summed E-state index contributed by atoms with van der Waals surface area (Å²) < 4.78 is 17.6. The van der Waals surface area contributed by atoms with Crippen LogP contribution in [-0.2, 0) is 19.0 Å². The smallest absolute Gasteiger partial charge is 0.230 e. The summed E-state index contributed by atoms with van der Waals surface area (Å²) in [5, 5.41) is 0. The van der Waals surface area contributed by atoms with Crippen molar-refractivity contribution >= 4 is 5.91 Å². The Morgan fingerprint density at radius 1 is 1.35 bits per heavy atom. The van der Waals surface area contributed by atoms with Crippen LogP contribution in [-0.4, -0.2) is 53.6 Å². The van der Waals surface area contributed by atoms with Crippen LogP contribution in [0.5, 0.6) is 0 Å². The number of carbonyl (C=O) groups excluding carboxylic acids is 1. The maximum atomic E-state index is 12.3. The fourth-order valence-electron chi connectivity index (χ4n) is 3.58. The molecule has 3 heterocycles. The summed E-state index contributed by atoms with van der Waals surface area (Å²) in [6.07, 6.45) is 0.897. The third kappa shape index (κ3) is 2.36. The molecule has 0 radical (unpaired) electrons. The van der Waals surface area contributed by atoms with E-state index in [0.29, 0.717) is 6.61 Å². The Balaban J connectivity index is 1.71. The van der Waals surface area contributed by atoms with Crippen LogP contribution in [0, 0.1) is 5.92 Å². The van der Waals surface area contributed by atoms with E-state index in [0.717, 1.165) is 13.0 Å². The van der Waals surface area contributed by atoms with Crippen LogP contribution in [0.15, 0.2) is 0 Å². The minimum absolute atomic E-state index is 0.105. The van der Waals surface area contributed by atoms with Crippen LogP contribution in [0.4, 0.5) is 0 Å². The van der Waals surface area contributed by atoms with Gasteiger partial charge in [0.25, 0.3) is 0 Å². The van der Waals surface area contributed by atoms with Gasteiger partial charge in [0.1, 0.15) is 0 Å². The molecular formula is C15H25NO4. The first-order valence-corrected chi connectivity index (χ1v) is 7.48. The van der Waals surface area contributed by atoms with Gasteiger partial charge < -0.3 is 19.1 Å². The van der Waals surface area contributed by atoms with Crippen molar-refractivity contribution in [1.29, 1.82) is 0 Å². The molecule has 0 bridgehead atoms. The standard InChI is InChI=1S/C15H25NO4/c1-14(2,3)19-9-6-7-16-12(9)11(13(16)17)10-8-18-15(4,5)20-10/h9-12H,6-8H2,1-5H3/t9-,10+,11+,12-/m0/s1. The molecular weight excluding hydrogens is 258 g/mol. The van der Waals surface area contributed by atoms with Crippen LogP contribution in [0.25, 0.3) is 0 Å². The Morgan fingerprint density at radius 3 is 2.60 bits per heavy atom. The number of carbonyl (C=O) groups is 1. The van der Waals surface area contributed by atoms with Crippen molar-refractivity contribution < 1.29 is 19.0 Å². The number of hydrogen-bond donors (Lipinski definition) is 0. The quantitative estimate of drug-likeness (QED) is 0.722. The second-order valence-corrected chi connectivity index (χ2v) is 7.47. The molecule has 0 aromatic rings. The normalized spacial score (nSPS) is 39.9. The molecule has 3 aliphatic heterocycles. The lowest BCUT2D eigenvalue weighted by molar-refractivity contribution is -0.186. The Kier molecular flexibility index (Phi) is 3.16. The molecule has 114 valence electrons. The van der Waals surface area contributed by atoms with Gasteiger partial charge in [0.15, 0.2) is 5.79 Å². The van der Waals surface area contributed by atoms with Crippen LogP contribution >= 0.6 is 0 Å². The fraction of sp³-hybridized carbons (Fsp3) is 0.933. The first-order chi connectivity index (χ1) is 9.18.